The number of carbonyl (C=O) groups excluding carboxylic acids is 2. The van der Waals surface area contributed by atoms with Crippen molar-refractivity contribution in [3.63, 3.8) is 0 Å². The van der Waals surface area contributed by atoms with Crippen LogP contribution in [0.3, 0.4) is 0 Å². The van der Waals surface area contributed by atoms with Gasteiger partial charge in [-0.25, -0.2) is 4.79 Å². The van der Waals surface area contributed by atoms with Crippen molar-refractivity contribution in [2.75, 3.05) is 14.2 Å². The molecular formula is C17H16N2O6. The number of hydrazine groups is 1. The van der Waals surface area contributed by atoms with Crippen LogP contribution in [0.15, 0.2) is 36.4 Å². The number of amides is 1. The van der Waals surface area contributed by atoms with Crippen LogP contribution in [0, 0.1) is 0 Å². The van der Waals surface area contributed by atoms with E-state index in [0.717, 1.165) is 0 Å². The normalized spacial score (nSPS) is 15.3. The monoisotopic (exact) mass is 344 g/mol. The van der Waals surface area contributed by atoms with E-state index in [1.165, 1.54) is 26.4 Å². The highest BCUT2D eigenvalue weighted by atomic mass is 16.6. The van der Waals surface area contributed by atoms with Gasteiger partial charge in [0.05, 0.1) is 19.8 Å². The number of esters is 1. The SMILES string of the molecule is COc1ccc2c(c1OC)C(=O)O[C@@H]2NNC(=O)c1ccccc1O. The molecule has 130 valence electrons. The highest BCUT2D eigenvalue weighted by Crippen LogP contribution is 2.40. The van der Waals surface area contributed by atoms with Crippen LogP contribution in [-0.2, 0) is 4.74 Å². The topological polar surface area (TPSA) is 106 Å². The largest absolute Gasteiger partial charge is 0.507 e. The van der Waals surface area contributed by atoms with Crippen molar-refractivity contribution in [1.29, 1.82) is 0 Å². The Bertz CT molecular complexity index is 836. The van der Waals surface area contributed by atoms with Crippen molar-refractivity contribution in [2.24, 2.45) is 0 Å². The minimum absolute atomic E-state index is 0.0897. The van der Waals surface area contributed by atoms with Gasteiger partial charge in [-0.1, -0.05) is 12.1 Å². The molecule has 0 bridgehead atoms. The molecule has 25 heavy (non-hydrogen) atoms. The minimum Gasteiger partial charge on any atom is -0.507 e. The van der Waals surface area contributed by atoms with Crippen molar-refractivity contribution in [2.45, 2.75) is 6.23 Å². The summed E-state index contributed by atoms with van der Waals surface area (Å²) in [5.74, 6) is -0.654. The molecule has 0 radical (unpaired) electrons. The molecule has 2 aromatic carbocycles. The average Bonchev–Trinajstić information content (AvgIpc) is 2.95. The zero-order chi connectivity index (χ0) is 18.0. The molecule has 3 N–H and O–H groups in total. The Morgan fingerprint density at radius 3 is 2.60 bits per heavy atom. The van der Waals surface area contributed by atoms with E-state index in [1.807, 2.05) is 0 Å². The molecule has 1 heterocycles. The minimum atomic E-state index is -0.892. The van der Waals surface area contributed by atoms with Crippen LogP contribution in [-0.4, -0.2) is 31.2 Å². The molecular weight excluding hydrogens is 328 g/mol. The molecule has 2 aromatic rings. The molecule has 0 aliphatic carbocycles. The number of aromatic hydroxyl groups is 1. The Balaban J connectivity index is 1.80. The lowest BCUT2D eigenvalue weighted by atomic mass is 10.1. The third-order valence-electron chi connectivity index (χ3n) is 3.75. The van der Waals surface area contributed by atoms with E-state index in [1.54, 1.807) is 24.3 Å². The summed E-state index contributed by atoms with van der Waals surface area (Å²) in [7, 11) is 2.89. The lowest BCUT2D eigenvalue weighted by molar-refractivity contribution is 0.0259. The van der Waals surface area contributed by atoms with Crippen molar-refractivity contribution < 1.29 is 28.9 Å². The van der Waals surface area contributed by atoms with Crippen molar-refractivity contribution in [3.8, 4) is 17.2 Å². The average molecular weight is 344 g/mol. The van der Waals surface area contributed by atoms with Crippen molar-refractivity contribution in [1.82, 2.24) is 10.9 Å². The van der Waals surface area contributed by atoms with E-state index < -0.39 is 18.1 Å². The van der Waals surface area contributed by atoms with Gasteiger partial charge in [0.25, 0.3) is 5.91 Å². The summed E-state index contributed by atoms with van der Waals surface area (Å²) in [6, 6.07) is 9.38. The number of hydrogen-bond donors (Lipinski definition) is 3. The van der Waals surface area contributed by atoms with E-state index in [-0.39, 0.29) is 22.6 Å². The van der Waals surface area contributed by atoms with Gasteiger partial charge >= 0.3 is 5.97 Å². The number of nitrogens with one attached hydrogen (secondary N) is 2. The van der Waals surface area contributed by atoms with Crippen molar-refractivity contribution >= 4 is 11.9 Å². The van der Waals surface area contributed by atoms with Crippen LogP contribution in [0.4, 0.5) is 0 Å². The summed E-state index contributed by atoms with van der Waals surface area (Å²) in [6.45, 7) is 0. The maximum Gasteiger partial charge on any atom is 0.344 e. The molecule has 1 atom stereocenters. The first-order chi connectivity index (χ1) is 12.1. The van der Waals surface area contributed by atoms with Crippen LogP contribution >= 0.6 is 0 Å². The van der Waals surface area contributed by atoms with Gasteiger partial charge in [0, 0.05) is 5.56 Å². The molecule has 0 unspecified atom stereocenters. The summed E-state index contributed by atoms with van der Waals surface area (Å²) < 4.78 is 15.6. The van der Waals surface area contributed by atoms with Gasteiger partial charge in [-0.2, -0.15) is 5.43 Å². The van der Waals surface area contributed by atoms with Gasteiger partial charge in [0.2, 0.25) is 0 Å². The Morgan fingerprint density at radius 1 is 1.16 bits per heavy atom. The lowest BCUT2D eigenvalue weighted by Gasteiger charge is -2.15. The maximum atomic E-state index is 12.1. The summed E-state index contributed by atoms with van der Waals surface area (Å²) >= 11 is 0. The summed E-state index contributed by atoms with van der Waals surface area (Å²) in [6.07, 6.45) is -0.892. The van der Waals surface area contributed by atoms with Crippen LogP contribution in [0.5, 0.6) is 17.2 Å². The number of ether oxygens (including phenoxy) is 3. The fourth-order valence-electron chi connectivity index (χ4n) is 2.57. The Kier molecular flexibility index (Phi) is 4.44. The van der Waals surface area contributed by atoms with E-state index in [9.17, 15) is 14.7 Å². The quantitative estimate of drug-likeness (QED) is 0.558. The van der Waals surface area contributed by atoms with Crippen LogP contribution in [0.1, 0.15) is 32.5 Å². The Morgan fingerprint density at radius 2 is 1.92 bits per heavy atom. The summed E-state index contributed by atoms with van der Waals surface area (Å²) in [4.78, 5) is 24.3. The number of carbonyl (C=O) groups is 2. The van der Waals surface area contributed by atoms with Gasteiger partial charge in [0.1, 0.15) is 11.3 Å². The standard InChI is InChI=1S/C17H16N2O6/c1-23-12-8-7-10-13(14(12)24-2)17(22)25-16(10)19-18-15(21)9-5-3-4-6-11(9)20/h3-8,16,19-20H,1-2H3,(H,18,21)/t16-/m0/s1. The zero-order valence-corrected chi connectivity index (χ0v) is 13.5. The first-order valence-electron chi connectivity index (χ1n) is 7.36. The molecule has 1 amide bonds. The number of phenolic OH excluding ortho intramolecular Hbond substituents is 1. The second-order valence-electron chi connectivity index (χ2n) is 5.17. The number of phenols is 1. The highest BCUT2D eigenvalue weighted by Gasteiger charge is 2.36. The number of methoxy groups -OCH3 is 2. The van der Waals surface area contributed by atoms with E-state index >= 15 is 0 Å². The fourth-order valence-corrected chi connectivity index (χ4v) is 2.57. The summed E-state index contributed by atoms with van der Waals surface area (Å²) in [5.41, 5.74) is 5.87. The first-order valence-corrected chi connectivity index (χ1v) is 7.36. The smallest absolute Gasteiger partial charge is 0.344 e. The molecule has 8 nitrogen and oxygen atoms in total. The molecule has 0 saturated carbocycles. The van der Waals surface area contributed by atoms with Crippen LogP contribution in [0.2, 0.25) is 0 Å². The second-order valence-corrected chi connectivity index (χ2v) is 5.17. The Labute approximate surface area is 143 Å². The van der Waals surface area contributed by atoms with Gasteiger partial charge < -0.3 is 19.3 Å². The van der Waals surface area contributed by atoms with Gasteiger partial charge in [-0.15, -0.1) is 0 Å². The molecule has 0 spiro atoms. The van der Waals surface area contributed by atoms with Crippen LogP contribution < -0.4 is 20.3 Å². The molecule has 0 saturated heterocycles. The number of rotatable bonds is 5. The molecule has 0 aromatic heterocycles. The Hall–Kier alpha value is -3.26. The van der Waals surface area contributed by atoms with E-state index in [2.05, 4.69) is 10.9 Å². The molecule has 3 rings (SSSR count). The van der Waals surface area contributed by atoms with Gasteiger partial charge in [-0.3, -0.25) is 10.2 Å². The van der Waals surface area contributed by atoms with E-state index in [0.29, 0.717) is 11.3 Å². The first kappa shape index (κ1) is 16.6. The number of hydrogen-bond acceptors (Lipinski definition) is 7. The third-order valence-corrected chi connectivity index (χ3v) is 3.75. The fraction of sp³-hybridized carbons (Fsp3) is 0.176. The predicted molar refractivity (Wildman–Crippen MR) is 86.4 cm³/mol. The van der Waals surface area contributed by atoms with Crippen molar-refractivity contribution in [3.05, 3.63) is 53.1 Å². The number of cyclic esters (lactones) is 1. The lowest BCUT2D eigenvalue weighted by Crippen LogP contribution is -2.40. The predicted octanol–water partition coefficient (Wildman–Crippen LogP) is 1.51. The number of fused-ring (bicyclic) bond motifs is 1. The number of para-hydroxylation sites is 1. The molecule has 1 aliphatic rings. The highest BCUT2D eigenvalue weighted by molar-refractivity contribution is 5.98. The van der Waals surface area contributed by atoms with Gasteiger partial charge in [0.15, 0.2) is 17.7 Å². The zero-order valence-electron chi connectivity index (χ0n) is 13.5. The molecule has 0 fully saturated rings. The van der Waals surface area contributed by atoms with Crippen LogP contribution in [0.25, 0.3) is 0 Å². The van der Waals surface area contributed by atoms with E-state index in [4.69, 9.17) is 14.2 Å². The molecule has 1 aliphatic heterocycles. The maximum absolute atomic E-state index is 12.1. The summed E-state index contributed by atoms with van der Waals surface area (Å²) in [5, 5.41) is 9.69. The van der Waals surface area contributed by atoms with Gasteiger partial charge in [-0.05, 0) is 24.3 Å². The molecule has 8 heteroatoms. The number of benzene rings is 2. The second kappa shape index (κ2) is 6.70. The third kappa shape index (κ3) is 2.94.